The molecule has 2 aromatic carbocycles. The Balaban J connectivity index is 1.49. The summed E-state index contributed by atoms with van der Waals surface area (Å²) in [6, 6.07) is 17.5. The lowest BCUT2D eigenvalue weighted by Gasteiger charge is -2.31. The van der Waals surface area contributed by atoms with Crippen LogP contribution in [0.25, 0.3) is 0 Å². The van der Waals surface area contributed by atoms with Gasteiger partial charge in [0.2, 0.25) is 10.0 Å². The molecule has 1 aliphatic rings. The predicted molar refractivity (Wildman–Crippen MR) is 96.1 cm³/mol. The lowest BCUT2D eigenvalue weighted by Crippen LogP contribution is -2.39. The van der Waals surface area contributed by atoms with Gasteiger partial charge in [0.1, 0.15) is 12.4 Å². The fraction of sp³-hybridized carbons (Fsp3) is 0.333. The summed E-state index contributed by atoms with van der Waals surface area (Å²) in [4.78, 5) is 2.15. The highest BCUT2D eigenvalue weighted by Crippen LogP contribution is 2.30. The molecular weight excluding hydrogens is 324 g/mol. The smallest absolute Gasteiger partial charge is 0.211 e. The number of para-hydroxylation sites is 2. The average Bonchev–Trinajstić information content (AvgIpc) is 2.61. The van der Waals surface area contributed by atoms with Crippen LogP contribution in [0.5, 0.6) is 5.75 Å². The van der Waals surface area contributed by atoms with Gasteiger partial charge in [0.05, 0.1) is 18.0 Å². The molecule has 3 rings (SSSR count). The minimum Gasteiger partial charge on any atom is -0.490 e. The van der Waals surface area contributed by atoms with E-state index in [-0.39, 0.29) is 5.75 Å². The van der Waals surface area contributed by atoms with Crippen LogP contribution in [0, 0.1) is 0 Å². The van der Waals surface area contributed by atoms with Crippen LogP contribution in [0.4, 0.5) is 5.69 Å². The van der Waals surface area contributed by atoms with Crippen molar-refractivity contribution in [1.82, 2.24) is 4.72 Å². The zero-order valence-corrected chi connectivity index (χ0v) is 14.3. The number of hydrogen-bond acceptors (Lipinski definition) is 4. The van der Waals surface area contributed by atoms with Gasteiger partial charge in [-0.1, -0.05) is 42.5 Å². The largest absolute Gasteiger partial charge is 0.490 e. The maximum absolute atomic E-state index is 12.1. The average molecular weight is 346 g/mol. The summed E-state index contributed by atoms with van der Waals surface area (Å²) >= 11 is 0. The molecule has 1 N–H and O–H groups in total. The number of nitrogens with one attached hydrogen (secondary N) is 1. The molecule has 0 unspecified atom stereocenters. The number of sulfonamides is 1. The molecule has 0 saturated heterocycles. The Bertz CT molecular complexity index is 763. The lowest BCUT2D eigenvalue weighted by atomic mass is 10.2. The van der Waals surface area contributed by atoms with Gasteiger partial charge >= 0.3 is 0 Å². The second-order valence-electron chi connectivity index (χ2n) is 5.75. The van der Waals surface area contributed by atoms with Gasteiger partial charge in [0, 0.05) is 13.1 Å². The number of ether oxygens (including phenoxy) is 1. The molecule has 0 amide bonds. The fourth-order valence-corrected chi connectivity index (χ4v) is 3.82. The summed E-state index contributed by atoms with van der Waals surface area (Å²) in [5, 5.41) is 0. The summed E-state index contributed by atoms with van der Waals surface area (Å²) in [7, 11) is -3.27. The van der Waals surface area contributed by atoms with Crippen LogP contribution in [0.15, 0.2) is 54.6 Å². The van der Waals surface area contributed by atoms with Gasteiger partial charge in [-0.15, -0.1) is 0 Å². The van der Waals surface area contributed by atoms with Crippen molar-refractivity contribution in [2.24, 2.45) is 0 Å². The van der Waals surface area contributed by atoms with E-state index in [2.05, 4.69) is 9.62 Å². The minimum atomic E-state index is -3.27. The van der Waals surface area contributed by atoms with E-state index >= 15 is 0 Å². The number of hydrogen-bond donors (Lipinski definition) is 1. The van der Waals surface area contributed by atoms with Crippen LogP contribution < -0.4 is 14.4 Å². The van der Waals surface area contributed by atoms with Gasteiger partial charge in [-0.25, -0.2) is 13.1 Å². The van der Waals surface area contributed by atoms with Gasteiger partial charge < -0.3 is 9.64 Å². The molecule has 0 spiro atoms. The molecule has 24 heavy (non-hydrogen) atoms. The number of fused-ring (bicyclic) bond motifs is 1. The minimum absolute atomic E-state index is 0.108. The van der Waals surface area contributed by atoms with Crippen LogP contribution in [0.2, 0.25) is 0 Å². The Morgan fingerprint density at radius 3 is 2.62 bits per heavy atom. The topological polar surface area (TPSA) is 58.6 Å². The van der Waals surface area contributed by atoms with Crippen molar-refractivity contribution in [1.29, 1.82) is 0 Å². The van der Waals surface area contributed by atoms with E-state index < -0.39 is 10.0 Å². The highest BCUT2D eigenvalue weighted by atomic mass is 32.2. The first-order valence-corrected chi connectivity index (χ1v) is 9.77. The third-order valence-electron chi connectivity index (χ3n) is 4.03. The number of aryl methyl sites for hydroxylation is 1. The molecular formula is C18H22N2O3S. The highest BCUT2D eigenvalue weighted by molar-refractivity contribution is 7.89. The molecule has 0 saturated carbocycles. The Kier molecular flexibility index (Phi) is 5.37. The second-order valence-corrected chi connectivity index (χ2v) is 7.68. The van der Waals surface area contributed by atoms with Crippen molar-refractivity contribution in [3.8, 4) is 5.75 Å². The van der Waals surface area contributed by atoms with Gasteiger partial charge in [-0.3, -0.25) is 0 Å². The van der Waals surface area contributed by atoms with Crippen molar-refractivity contribution in [2.75, 3.05) is 36.9 Å². The molecule has 0 bridgehead atoms. The van der Waals surface area contributed by atoms with E-state index in [1.165, 1.54) is 0 Å². The number of benzene rings is 2. The molecule has 6 heteroatoms. The van der Waals surface area contributed by atoms with E-state index in [9.17, 15) is 8.42 Å². The van der Waals surface area contributed by atoms with E-state index in [1.807, 2.05) is 54.6 Å². The third kappa shape index (κ3) is 4.49. The fourth-order valence-electron chi connectivity index (χ4n) is 2.76. The Hall–Kier alpha value is -2.05. The van der Waals surface area contributed by atoms with Gasteiger partial charge in [0.15, 0.2) is 0 Å². The van der Waals surface area contributed by atoms with E-state index in [0.29, 0.717) is 26.1 Å². The molecule has 1 heterocycles. The lowest BCUT2D eigenvalue weighted by molar-refractivity contribution is 0.308. The van der Waals surface area contributed by atoms with Gasteiger partial charge in [0.25, 0.3) is 0 Å². The van der Waals surface area contributed by atoms with E-state index in [4.69, 9.17) is 4.74 Å². The summed E-state index contributed by atoms with van der Waals surface area (Å²) in [6.45, 7) is 2.41. The zero-order valence-electron chi connectivity index (χ0n) is 13.5. The molecule has 0 fully saturated rings. The summed E-state index contributed by atoms with van der Waals surface area (Å²) in [5.41, 5.74) is 2.05. The maximum atomic E-state index is 12.1. The Morgan fingerprint density at radius 1 is 1.04 bits per heavy atom. The number of nitrogens with zero attached hydrogens (tertiary/aromatic N) is 1. The molecule has 0 aliphatic carbocycles. The van der Waals surface area contributed by atoms with Crippen molar-refractivity contribution < 1.29 is 13.2 Å². The van der Waals surface area contributed by atoms with Crippen LogP contribution >= 0.6 is 0 Å². The standard InChI is InChI=1S/C18H22N2O3S/c21-24(22,15-10-16-6-2-1-3-7-16)19-11-12-20-13-14-23-18-9-5-4-8-17(18)20/h1-9,19H,10-15H2. The summed E-state index contributed by atoms with van der Waals surface area (Å²) < 4.78 is 32.6. The van der Waals surface area contributed by atoms with Crippen LogP contribution in [-0.4, -0.2) is 40.4 Å². The second kappa shape index (κ2) is 7.68. The van der Waals surface area contributed by atoms with Crippen LogP contribution in [-0.2, 0) is 16.4 Å². The SMILES string of the molecule is O=S(=O)(CCc1ccccc1)NCCN1CCOc2ccccc21. The molecule has 1 aliphatic heterocycles. The quantitative estimate of drug-likeness (QED) is 0.834. The van der Waals surface area contributed by atoms with Crippen LogP contribution in [0.3, 0.4) is 0 Å². The number of anilines is 1. The van der Waals surface area contributed by atoms with E-state index in [1.54, 1.807) is 0 Å². The molecule has 128 valence electrons. The van der Waals surface area contributed by atoms with Crippen molar-refractivity contribution in [3.05, 3.63) is 60.2 Å². The van der Waals surface area contributed by atoms with Crippen molar-refractivity contribution in [3.63, 3.8) is 0 Å². The van der Waals surface area contributed by atoms with Crippen LogP contribution in [0.1, 0.15) is 5.56 Å². The maximum Gasteiger partial charge on any atom is 0.211 e. The third-order valence-corrected chi connectivity index (χ3v) is 5.42. The van der Waals surface area contributed by atoms with Gasteiger partial charge in [-0.05, 0) is 24.1 Å². The monoisotopic (exact) mass is 346 g/mol. The van der Waals surface area contributed by atoms with Gasteiger partial charge in [-0.2, -0.15) is 0 Å². The zero-order chi connectivity index (χ0) is 16.8. The number of rotatable bonds is 7. The molecule has 5 nitrogen and oxygen atoms in total. The Morgan fingerprint density at radius 2 is 1.79 bits per heavy atom. The molecule has 0 atom stereocenters. The molecule has 0 aromatic heterocycles. The predicted octanol–water partition coefficient (Wildman–Crippen LogP) is 2.05. The highest BCUT2D eigenvalue weighted by Gasteiger charge is 2.18. The van der Waals surface area contributed by atoms with Crippen molar-refractivity contribution >= 4 is 15.7 Å². The first-order valence-electron chi connectivity index (χ1n) is 8.12. The summed E-state index contributed by atoms with van der Waals surface area (Å²) in [5.74, 6) is 0.965. The van der Waals surface area contributed by atoms with Crippen molar-refractivity contribution in [2.45, 2.75) is 6.42 Å². The first kappa shape index (κ1) is 16.8. The summed E-state index contributed by atoms with van der Waals surface area (Å²) in [6.07, 6.45) is 0.524. The molecule has 2 aromatic rings. The molecule has 0 radical (unpaired) electrons. The van der Waals surface area contributed by atoms with E-state index in [0.717, 1.165) is 23.5 Å². The Labute approximate surface area is 143 Å². The first-order chi connectivity index (χ1) is 11.6. The normalized spacial score (nSPS) is 14.1.